The largest absolute Gasteiger partial charge is 0.427 e. The van der Waals surface area contributed by atoms with Crippen molar-refractivity contribution in [3.8, 4) is 0 Å². The molecule has 0 aromatic heterocycles. The third-order valence-corrected chi connectivity index (χ3v) is 2.76. The van der Waals surface area contributed by atoms with Crippen LogP contribution in [0, 0.1) is 0 Å². The molecule has 0 saturated heterocycles. The lowest BCUT2D eigenvalue weighted by Gasteiger charge is -2.24. The first-order valence-electron chi connectivity index (χ1n) is 5.46. The highest BCUT2D eigenvalue weighted by Crippen LogP contribution is 2.32. The lowest BCUT2D eigenvalue weighted by atomic mass is 9.90. The number of Topliss-reactive ketones (excluding diaryl/α,β-unsaturated/α-hetero) is 1. The molecule has 0 saturated carbocycles. The number of nitrogens with zero attached hydrogens (tertiary/aromatic N) is 1. The normalized spacial score (nSPS) is 23.2. The van der Waals surface area contributed by atoms with Crippen molar-refractivity contribution in [2.75, 3.05) is 14.1 Å². The number of carbonyl (C=O) groups is 2. The first-order valence-corrected chi connectivity index (χ1v) is 5.46. The van der Waals surface area contributed by atoms with Gasteiger partial charge in [0.05, 0.1) is 0 Å². The molecule has 0 bridgehead atoms. The predicted molar refractivity (Wildman–Crippen MR) is 58.4 cm³/mol. The van der Waals surface area contributed by atoms with Gasteiger partial charge in [-0.1, -0.05) is 0 Å². The van der Waals surface area contributed by atoms with Gasteiger partial charge in [-0.05, 0) is 19.3 Å². The number of ketones is 1. The van der Waals surface area contributed by atoms with E-state index in [4.69, 9.17) is 4.74 Å². The molecule has 16 heavy (non-hydrogen) atoms. The number of carbonyl (C=O) groups excluding carboxylic acids is 2. The van der Waals surface area contributed by atoms with Crippen molar-refractivity contribution in [2.24, 2.45) is 0 Å². The summed E-state index contributed by atoms with van der Waals surface area (Å²) in [6.07, 6.45) is 4.96. The van der Waals surface area contributed by atoms with Gasteiger partial charge in [-0.25, -0.2) is 4.79 Å². The third kappa shape index (κ3) is 1.87. The smallest absolute Gasteiger partial charge is 0.348 e. The minimum absolute atomic E-state index is 0.144. The quantitative estimate of drug-likeness (QED) is 0.381. The third-order valence-electron chi connectivity index (χ3n) is 2.76. The van der Waals surface area contributed by atoms with Gasteiger partial charge in [0, 0.05) is 32.3 Å². The Morgan fingerprint density at radius 2 is 1.88 bits per heavy atom. The monoisotopic (exact) mass is 221 g/mol. The summed E-state index contributed by atoms with van der Waals surface area (Å²) >= 11 is 0. The summed E-state index contributed by atoms with van der Waals surface area (Å²) in [7, 11) is 3.55. The summed E-state index contributed by atoms with van der Waals surface area (Å²) < 4.78 is 5.20. The van der Waals surface area contributed by atoms with E-state index in [2.05, 4.69) is 0 Å². The number of allylic oxidation sites excluding steroid dienone is 2. The molecule has 0 amide bonds. The van der Waals surface area contributed by atoms with Crippen LogP contribution in [0.3, 0.4) is 0 Å². The Morgan fingerprint density at radius 3 is 2.56 bits per heavy atom. The molecule has 1 heterocycles. The molecule has 0 unspecified atom stereocenters. The number of hydrogen-bond donors (Lipinski definition) is 0. The molecule has 0 N–H and O–H groups in total. The zero-order chi connectivity index (χ0) is 11.7. The van der Waals surface area contributed by atoms with Crippen LogP contribution >= 0.6 is 0 Å². The van der Waals surface area contributed by atoms with Gasteiger partial charge in [-0.2, -0.15) is 0 Å². The molecule has 4 heteroatoms. The van der Waals surface area contributed by atoms with Gasteiger partial charge in [0.2, 0.25) is 5.78 Å². The van der Waals surface area contributed by atoms with Crippen LogP contribution in [0.15, 0.2) is 23.1 Å². The Kier molecular flexibility index (Phi) is 2.81. The van der Waals surface area contributed by atoms with Gasteiger partial charge in [0.1, 0.15) is 11.3 Å². The average molecular weight is 221 g/mol. The van der Waals surface area contributed by atoms with Crippen LogP contribution in [-0.4, -0.2) is 30.7 Å². The highest BCUT2D eigenvalue weighted by molar-refractivity contribution is 6.25. The molecule has 1 aliphatic carbocycles. The maximum absolute atomic E-state index is 12.1. The Morgan fingerprint density at radius 1 is 1.19 bits per heavy atom. The fraction of sp³-hybridized carbons (Fsp3) is 0.500. The second kappa shape index (κ2) is 4.12. The topological polar surface area (TPSA) is 46.6 Å². The Hall–Kier alpha value is -1.58. The standard InChI is InChI=1S/C12H15NO3/c1-13(2)7-9-11(14)8-5-3-4-6-10(8)16-12(9)15/h7H,3-6H2,1-2H3/b9-7-. The molecule has 1 aliphatic heterocycles. The molecule has 4 nitrogen and oxygen atoms in total. The van der Waals surface area contributed by atoms with Crippen molar-refractivity contribution >= 4 is 11.8 Å². The van der Waals surface area contributed by atoms with E-state index in [1.165, 1.54) is 6.20 Å². The zero-order valence-electron chi connectivity index (χ0n) is 9.58. The van der Waals surface area contributed by atoms with Crippen LogP contribution in [0.2, 0.25) is 0 Å². The van der Waals surface area contributed by atoms with Gasteiger partial charge in [0.15, 0.2) is 0 Å². The molecule has 2 rings (SSSR count). The van der Waals surface area contributed by atoms with E-state index < -0.39 is 5.97 Å². The van der Waals surface area contributed by atoms with E-state index in [0.717, 1.165) is 19.3 Å². The van der Waals surface area contributed by atoms with Crippen molar-refractivity contribution in [3.63, 3.8) is 0 Å². The molecular weight excluding hydrogens is 206 g/mol. The minimum atomic E-state index is -0.514. The molecule has 86 valence electrons. The minimum Gasteiger partial charge on any atom is -0.427 e. The van der Waals surface area contributed by atoms with Crippen LogP contribution in [0.1, 0.15) is 25.7 Å². The van der Waals surface area contributed by atoms with Crippen molar-refractivity contribution in [1.82, 2.24) is 4.90 Å². The van der Waals surface area contributed by atoms with Crippen LogP contribution in [0.4, 0.5) is 0 Å². The summed E-state index contributed by atoms with van der Waals surface area (Å²) in [5, 5.41) is 0. The average Bonchev–Trinajstić information content (AvgIpc) is 2.24. The fourth-order valence-electron chi connectivity index (χ4n) is 2.02. The van der Waals surface area contributed by atoms with Gasteiger partial charge in [-0.3, -0.25) is 4.79 Å². The summed E-state index contributed by atoms with van der Waals surface area (Å²) in [6.45, 7) is 0. The van der Waals surface area contributed by atoms with Gasteiger partial charge in [0.25, 0.3) is 0 Å². The van der Waals surface area contributed by atoms with Crippen LogP contribution in [0.25, 0.3) is 0 Å². The summed E-state index contributed by atoms with van der Waals surface area (Å²) in [4.78, 5) is 25.4. The number of esters is 1. The van der Waals surface area contributed by atoms with E-state index in [1.54, 1.807) is 19.0 Å². The molecule has 0 aromatic carbocycles. The Labute approximate surface area is 94.6 Å². The van der Waals surface area contributed by atoms with E-state index in [0.29, 0.717) is 17.8 Å². The first-order chi connectivity index (χ1) is 7.59. The summed E-state index contributed by atoms with van der Waals surface area (Å²) in [6, 6.07) is 0. The molecule has 0 fully saturated rings. The van der Waals surface area contributed by atoms with Crippen LogP contribution in [-0.2, 0) is 14.3 Å². The van der Waals surface area contributed by atoms with E-state index in [1.807, 2.05) is 0 Å². The number of ether oxygens (including phenoxy) is 1. The molecule has 0 atom stereocenters. The molecule has 0 spiro atoms. The number of hydrogen-bond acceptors (Lipinski definition) is 4. The second-order valence-electron chi connectivity index (χ2n) is 4.33. The van der Waals surface area contributed by atoms with Gasteiger partial charge >= 0.3 is 5.97 Å². The van der Waals surface area contributed by atoms with Crippen LogP contribution < -0.4 is 0 Å². The van der Waals surface area contributed by atoms with Crippen molar-refractivity contribution in [3.05, 3.63) is 23.1 Å². The Bertz CT molecular complexity index is 404. The SMILES string of the molecule is CN(C)/C=C1\C(=O)OC2=C(CCCC2)C1=O. The highest BCUT2D eigenvalue weighted by atomic mass is 16.5. The lowest BCUT2D eigenvalue weighted by Crippen LogP contribution is -2.28. The van der Waals surface area contributed by atoms with Gasteiger partial charge < -0.3 is 9.64 Å². The maximum atomic E-state index is 12.1. The molecule has 0 aromatic rings. The summed E-state index contributed by atoms with van der Waals surface area (Å²) in [5.41, 5.74) is 0.838. The fourth-order valence-corrected chi connectivity index (χ4v) is 2.02. The van der Waals surface area contributed by atoms with Crippen molar-refractivity contribution < 1.29 is 14.3 Å². The molecule has 2 aliphatic rings. The van der Waals surface area contributed by atoms with E-state index >= 15 is 0 Å². The first kappa shape index (κ1) is 10.9. The number of rotatable bonds is 1. The maximum Gasteiger partial charge on any atom is 0.348 e. The van der Waals surface area contributed by atoms with E-state index in [9.17, 15) is 9.59 Å². The summed E-state index contributed by atoms with van der Waals surface area (Å²) in [5.74, 6) is -0.0730. The predicted octanol–water partition coefficient (Wildman–Crippen LogP) is 1.39. The lowest BCUT2D eigenvalue weighted by molar-refractivity contribution is -0.138. The molecular formula is C12H15NO3. The highest BCUT2D eigenvalue weighted by Gasteiger charge is 2.34. The zero-order valence-corrected chi connectivity index (χ0v) is 9.58. The van der Waals surface area contributed by atoms with Crippen LogP contribution in [0.5, 0.6) is 0 Å². The second-order valence-corrected chi connectivity index (χ2v) is 4.33. The van der Waals surface area contributed by atoms with E-state index in [-0.39, 0.29) is 11.4 Å². The Balaban J connectivity index is 2.37. The van der Waals surface area contributed by atoms with Gasteiger partial charge in [-0.15, -0.1) is 0 Å². The van der Waals surface area contributed by atoms with Crippen molar-refractivity contribution in [2.45, 2.75) is 25.7 Å². The van der Waals surface area contributed by atoms with Crippen molar-refractivity contribution in [1.29, 1.82) is 0 Å². The molecule has 0 radical (unpaired) electrons.